The summed E-state index contributed by atoms with van der Waals surface area (Å²) >= 11 is 9.92. The standard InChI is InChI=1S/C30H17BrClF3N4O2/c31-24-12-18(13-25(32)27(24)41-17-21-7-2-1-6-20(21)15-36)16-37-39-28(19-8-5-9-22(14-19)30(33,34)35)38-26-11-4-3-10-23(26)29(39)40/h1-14,16H,17H2. The number of aromatic nitrogens is 2. The van der Waals surface area contributed by atoms with Crippen molar-refractivity contribution in [3.05, 3.63) is 127 Å². The van der Waals surface area contributed by atoms with Gasteiger partial charge in [-0.25, -0.2) is 4.98 Å². The number of nitrogens with zero attached hydrogens (tertiary/aromatic N) is 4. The molecule has 0 spiro atoms. The maximum Gasteiger partial charge on any atom is 0.416 e. The third kappa shape index (κ3) is 6.01. The van der Waals surface area contributed by atoms with E-state index in [0.717, 1.165) is 16.8 Å². The zero-order valence-electron chi connectivity index (χ0n) is 20.9. The minimum Gasteiger partial charge on any atom is -0.486 e. The highest BCUT2D eigenvalue weighted by Gasteiger charge is 2.31. The topological polar surface area (TPSA) is 80.3 Å². The van der Waals surface area contributed by atoms with Crippen LogP contribution in [0.15, 0.2) is 99.3 Å². The number of benzene rings is 4. The lowest BCUT2D eigenvalue weighted by Gasteiger charge is -2.13. The van der Waals surface area contributed by atoms with E-state index in [2.05, 4.69) is 32.1 Å². The largest absolute Gasteiger partial charge is 0.486 e. The van der Waals surface area contributed by atoms with E-state index in [4.69, 9.17) is 16.3 Å². The molecule has 0 N–H and O–H groups in total. The van der Waals surface area contributed by atoms with Crippen LogP contribution in [0.2, 0.25) is 5.02 Å². The molecule has 0 saturated carbocycles. The third-order valence-electron chi connectivity index (χ3n) is 6.05. The first-order valence-electron chi connectivity index (χ1n) is 12.0. The molecular formula is C30H17BrClF3N4O2. The zero-order chi connectivity index (χ0) is 29.1. The molecule has 5 aromatic rings. The fourth-order valence-electron chi connectivity index (χ4n) is 4.07. The zero-order valence-corrected chi connectivity index (χ0v) is 23.2. The summed E-state index contributed by atoms with van der Waals surface area (Å²) in [7, 11) is 0. The molecule has 5 rings (SSSR count). The lowest BCUT2D eigenvalue weighted by atomic mass is 10.1. The maximum atomic E-state index is 13.4. The third-order valence-corrected chi connectivity index (χ3v) is 6.92. The Morgan fingerprint density at radius 1 is 1.05 bits per heavy atom. The number of hydrogen-bond donors (Lipinski definition) is 0. The van der Waals surface area contributed by atoms with Gasteiger partial charge in [0.05, 0.1) is 43.8 Å². The molecule has 0 radical (unpaired) electrons. The van der Waals surface area contributed by atoms with Crippen LogP contribution in [0, 0.1) is 11.3 Å². The average Bonchev–Trinajstić information content (AvgIpc) is 2.96. The van der Waals surface area contributed by atoms with E-state index >= 15 is 0 Å². The van der Waals surface area contributed by atoms with E-state index in [1.54, 1.807) is 60.7 Å². The summed E-state index contributed by atoms with van der Waals surface area (Å²) in [5.41, 5.74) is 0.601. The highest BCUT2D eigenvalue weighted by molar-refractivity contribution is 9.10. The molecule has 11 heteroatoms. The molecule has 0 bridgehead atoms. The van der Waals surface area contributed by atoms with Crippen molar-refractivity contribution in [2.45, 2.75) is 12.8 Å². The van der Waals surface area contributed by atoms with Crippen molar-refractivity contribution in [2.75, 3.05) is 0 Å². The first kappa shape index (κ1) is 28.1. The summed E-state index contributed by atoms with van der Waals surface area (Å²) in [5.74, 6) is 0.281. The molecule has 41 heavy (non-hydrogen) atoms. The minimum absolute atomic E-state index is 0.0580. The second-order valence-corrected chi connectivity index (χ2v) is 10.0. The van der Waals surface area contributed by atoms with Crippen molar-refractivity contribution in [3.63, 3.8) is 0 Å². The molecule has 0 fully saturated rings. The Bertz CT molecular complexity index is 1890. The number of alkyl halides is 3. The van der Waals surface area contributed by atoms with Gasteiger partial charge < -0.3 is 4.74 Å². The second kappa shape index (κ2) is 11.6. The Morgan fingerprint density at radius 3 is 2.56 bits per heavy atom. The number of hydrogen-bond acceptors (Lipinski definition) is 5. The lowest BCUT2D eigenvalue weighted by Crippen LogP contribution is -2.20. The van der Waals surface area contributed by atoms with E-state index in [9.17, 15) is 23.2 Å². The molecule has 0 aliphatic carbocycles. The molecule has 204 valence electrons. The highest BCUT2D eigenvalue weighted by Crippen LogP contribution is 2.35. The Hall–Kier alpha value is -4.46. The molecule has 0 aliphatic rings. The molecule has 0 aliphatic heterocycles. The van der Waals surface area contributed by atoms with E-state index < -0.39 is 17.3 Å². The van der Waals surface area contributed by atoms with Crippen LogP contribution < -0.4 is 10.3 Å². The molecule has 0 unspecified atom stereocenters. The summed E-state index contributed by atoms with van der Waals surface area (Å²) in [6.07, 6.45) is -3.23. The van der Waals surface area contributed by atoms with Crippen LogP contribution >= 0.6 is 27.5 Å². The summed E-state index contributed by atoms with van der Waals surface area (Å²) in [4.78, 5) is 17.9. The minimum atomic E-state index is -4.58. The molecule has 0 atom stereocenters. The SMILES string of the molecule is N#Cc1ccccc1COc1c(Cl)cc(C=Nn2c(-c3cccc(C(F)(F)F)c3)nc3ccccc3c2=O)cc1Br. The Morgan fingerprint density at radius 2 is 1.80 bits per heavy atom. The van der Waals surface area contributed by atoms with Gasteiger partial charge in [-0.05, 0) is 64.0 Å². The van der Waals surface area contributed by atoms with Gasteiger partial charge in [-0.15, -0.1) is 0 Å². The molecule has 0 amide bonds. The van der Waals surface area contributed by atoms with Crippen LogP contribution in [-0.4, -0.2) is 15.9 Å². The highest BCUT2D eigenvalue weighted by atomic mass is 79.9. The van der Waals surface area contributed by atoms with Gasteiger partial charge in [0, 0.05) is 11.1 Å². The monoisotopic (exact) mass is 636 g/mol. The summed E-state index contributed by atoms with van der Waals surface area (Å²) in [5, 5.41) is 14.1. The number of rotatable bonds is 6. The van der Waals surface area contributed by atoms with Gasteiger partial charge in [0.25, 0.3) is 5.56 Å². The van der Waals surface area contributed by atoms with Gasteiger partial charge in [-0.2, -0.15) is 28.2 Å². The van der Waals surface area contributed by atoms with Crippen LogP contribution in [0.25, 0.3) is 22.3 Å². The molecule has 1 heterocycles. The Balaban J connectivity index is 1.53. The van der Waals surface area contributed by atoms with Crippen LogP contribution in [0.1, 0.15) is 22.3 Å². The molecule has 6 nitrogen and oxygen atoms in total. The van der Waals surface area contributed by atoms with Gasteiger partial charge in [0.2, 0.25) is 0 Å². The van der Waals surface area contributed by atoms with Gasteiger partial charge >= 0.3 is 6.18 Å². The quantitative estimate of drug-likeness (QED) is 0.178. The van der Waals surface area contributed by atoms with Crippen LogP contribution in [0.3, 0.4) is 0 Å². The second-order valence-electron chi connectivity index (χ2n) is 8.76. The number of para-hydroxylation sites is 1. The lowest BCUT2D eigenvalue weighted by molar-refractivity contribution is -0.137. The fourth-order valence-corrected chi connectivity index (χ4v) is 5.06. The van der Waals surface area contributed by atoms with Crippen molar-refractivity contribution >= 4 is 44.6 Å². The Labute approximate surface area is 245 Å². The number of fused-ring (bicyclic) bond motifs is 1. The van der Waals surface area contributed by atoms with Crippen molar-refractivity contribution in [3.8, 4) is 23.2 Å². The van der Waals surface area contributed by atoms with Crippen molar-refractivity contribution in [1.82, 2.24) is 9.66 Å². The number of ether oxygens (including phenoxy) is 1. The van der Waals surface area contributed by atoms with Gasteiger partial charge in [-0.1, -0.05) is 54.1 Å². The summed E-state index contributed by atoms with van der Waals surface area (Å²) < 4.78 is 47.6. The first-order valence-corrected chi connectivity index (χ1v) is 13.2. The van der Waals surface area contributed by atoms with Crippen molar-refractivity contribution in [1.29, 1.82) is 5.26 Å². The fraction of sp³-hybridized carbons (Fsp3) is 0.0667. The predicted molar refractivity (Wildman–Crippen MR) is 154 cm³/mol. The molecular weight excluding hydrogens is 621 g/mol. The average molecular weight is 638 g/mol. The predicted octanol–water partition coefficient (Wildman–Crippen LogP) is 7.83. The van der Waals surface area contributed by atoms with Crippen molar-refractivity contribution in [2.24, 2.45) is 5.10 Å². The van der Waals surface area contributed by atoms with Gasteiger partial charge in [-0.3, -0.25) is 4.79 Å². The van der Waals surface area contributed by atoms with E-state index in [0.29, 0.717) is 32.4 Å². The van der Waals surface area contributed by atoms with Crippen LogP contribution in [-0.2, 0) is 12.8 Å². The molecule has 1 aromatic heterocycles. The van der Waals surface area contributed by atoms with E-state index in [1.165, 1.54) is 18.3 Å². The normalized spacial score (nSPS) is 11.6. The maximum absolute atomic E-state index is 13.4. The van der Waals surface area contributed by atoms with E-state index in [-0.39, 0.29) is 28.4 Å². The van der Waals surface area contributed by atoms with Crippen LogP contribution in [0.4, 0.5) is 13.2 Å². The number of nitriles is 1. The van der Waals surface area contributed by atoms with Crippen LogP contribution in [0.5, 0.6) is 5.75 Å². The van der Waals surface area contributed by atoms with Gasteiger partial charge in [0.15, 0.2) is 11.6 Å². The first-order chi connectivity index (χ1) is 19.7. The smallest absolute Gasteiger partial charge is 0.416 e. The van der Waals surface area contributed by atoms with E-state index in [1.807, 2.05) is 0 Å². The summed E-state index contributed by atoms with van der Waals surface area (Å²) in [6, 6.07) is 23.4. The summed E-state index contributed by atoms with van der Waals surface area (Å²) in [6.45, 7) is 0.105. The molecule has 0 saturated heterocycles. The van der Waals surface area contributed by atoms with Gasteiger partial charge in [0.1, 0.15) is 6.61 Å². The Kier molecular flexibility index (Phi) is 7.92. The number of halogens is 5. The molecule has 4 aromatic carbocycles. The van der Waals surface area contributed by atoms with Crippen molar-refractivity contribution < 1.29 is 17.9 Å².